The van der Waals surface area contributed by atoms with Crippen molar-refractivity contribution < 1.29 is 4.79 Å². The largest absolute Gasteiger partial charge is 0.357 e. The Labute approximate surface area is 179 Å². The molecule has 7 nitrogen and oxygen atoms in total. The van der Waals surface area contributed by atoms with Crippen molar-refractivity contribution in [3.8, 4) is 0 Å². The van der Waals surface area contributed by atoms with E-state index in [1.165, 1.54) is 5.56 Å². The zero-order valence-electron chi connectivity index (χ0n) is 18.3. The molecule has 1 aliphatic heterocycles. The first-order valence-electron chi connectivity index (χ1n) is 10.9. The molecule has 162 valence electrons. The van der Waals surface area contributed by atoms with Crippen LogP contribution in [0.25, 0.3) is 0 Å². The van der Waals surface area contributed by atoms with Crippen LogP contribution in [-0.2, 0) is 24.3 Å². The number of imidazole rings is 1. The van der Waals surface area contributed by atoms with E-state index in [2.05, 4.69) is 51.4 Å². The van der Waals surface area contributed by atoms with Crippen LogP contribution in [0.15, 0.2) is 47.7 Å². The fraction of sp³-hybridized carbons (Fsp3) is 0.522. The van der Waals surface area contributed by atoms with E-state index in [0.717, 1.165) is 50.8 Å². The van der Waals surface area contributed by atoms with Gasteiger partial charge in [-0.25, -0.2) is 9.98 Å². The van der Waals surface area contributed by atoms with Crippen LogP contribution in [-0.4, -0.2) is 52.0 Å². The second-order valence-corrected chi connectivity index (χ2v) is 8.04. The summed E-state index contributed by atoms with van der Waals surface area (Å²) in [7, 11) is 0. The highest BCUT2D eigenvalue weighted by atomic mass is 16.2. The minimum Gasteiger partial charge on any atom is -0.357 e. The Balaban J connectivity index is 1.56. The average Bonchev–Trinajstić information content (AvgIpc) is 3.40. The lowest BCUT2D eigenvalue weighted by atomic mass is 10.1. The number of nitrogens with one attached hydrogen (secondary N) is 2. The van der Waals surface area contributed by atoms with Crippen molar-refractivity contribution in [3.05, 3.63) is 54.1 Å². The molecule has 7 heteroatoms. The van der Waals surface area contributed by atoms with E-state index in [0.29, 0.717) is 6.54 Å². The molecule has 1 atom stereocenters. The first kappa shape index (κ1) is 21.9. The van der Waals surface area contributed by atoms with Crippen LogP contribution in [0, 0.1) is 5.92 Å². The van der Waals surface area contributed by atoms with E-state index in [1.807, 2.05) is 37.2 Å². The third-order valence-electron chi connectivity index (χ3n) is 5.34. The Hall–Kier alpha value is -2.83. The number of rotatable bonds is 8. The zero-order valence-corrected chi connectivity index (χ0v) is 18.3. The molecule has 1 aromatic heterocycles. The van der Waals surface area contributed by atoms with Gasteiger partial charge in [0.2, 0.25) is 5.91 Å². The Bertz CT molecular complexity index is 829. The summed E-state index contributed by atoms with van der Waals surface area (Å²) in [6, 6.07) is 10.7. The van der Waals surface area contributed by atoms with Crippen LogP contribution in [0.4, 0.5) is 0 Å². The van der Waals surface area contributed by atoms with Gasteiger partial charge < -0.3 is 20.1 Å². The molecule has 0 aliphatic carbocycles. The van der Waals surface area contributed by atoms with Crippen LogP contribution in [0.5, 0.6) is 0 Å². The van der Waals surface area contributed by atoms with Gasteiger partial charge in [-0.1, -0.05) is 44.2 Å². The summed E-state index contributed by atoms with van der Waals surface area (Å²) in [6.07, 6.45) is 5.76. The molecule has 3 rings (SSSR count). The number of aromatic nitrogens is 2. The molecule has 1 aromatic carbocycles. The maximum atomic E-state index is 12.2. The summed E-state index contributed by atoms with van der Waals surface area (Å²) in [5, 5.41) is 6.80. The normalized spacial score (nSPS) is 16.9. The first-order valence-corrected chi connectivity index (χ1v) is 10.9. The number of benzene rings is 1. The number of guanidine groups is 1. The quantitative estimate of drug-likeness (QED) is 0.518. The molecule has 1 unspecified atom stereocenters. The van der Waals surface area contributed by atoms with Gasteiger partial charge in [0.1, 0.15) is 12.4 Å². The fourth-order valence-electron chi connectivity index (χ4n) is 3.70. The summed E-state index contributed by atoms with van der Waals surface area (Å²) in [6.45, 7) is 9.68. The van der Waals surface area contributed by atoms with Gasteiger partial charge in [-0.3, -0.25) is 4.79 Å². The molecule has 2 heterocycles. The highest BCUT2D eigenvalue weighted by Crippen LogP contribution is 2.13. The molecule has 30 heavy (non-hydrogen) atoms. The van der Waals surface area contributed by atoms with Crippen molar-refractivity contribution in [3.63, 3.8) is 0 Å². The van der Waals surface area contributed by atoms with Crippen molar-refractivity contribution >= 4 is 11.9 Å². The first-order chi connectivity index (χ1) is 14.6. The van der Waals surface area contributed by atoms with Gasteiger partial charge in [0.25, 0.3) is 0 Å². The number of carbonyl (C=O) groups excluding carboxylic acids is 1. The highest BCUT2D eigenvalue weighted by molar-refractivity contribution is 5.81. The minimum atomic E-state index is 0.0420. The standard InChI is InChI=1S/C23H34N6O/c1-4-24-23(27-20-11-14-29(17-20)22(30)18(2)3)26-16-21-25-12-15-28(21)13-10-19-8-6-5-7-9-19/h5-9,12,15,18,20H,4,10-11,13-14,16-17H2,1-3H3,(H2,24,26,27). The van der Waals surface area contributed by atoms with Crippen LogP contribution in [0.3, 0.4) is 0 Å². The summed E-state index contributed by atoms with van der Waals surface area (Å²) in [5.74, 6) is 1.99. The van der Waals surface area contributed by atoms with Crippen molar-refractivity contribution in [1.82, 2.24) is 25.1 Å². The lowest BCUT2D eigenvalue weighted by molar-refractivity contribution is -0.133. The summed E-state index contributed by atoms with van der Waals surface area (Å²) in [5.41, 5.74) is 1.32. The van der Waals surface area contributed by atoms with Crippen molar-refractivity contribution in [2.75, 3.05) is 19.6 Å². The van der Waals surface area contributed by atoms with Crippen LogP contribution < -0.4 is 10.6 Å². The molecule has 2 aromatic rings. The average molecular weight is 411 g/mol. The minimum absolute atomic E-state index is 0.0420. The van der Waals surface area contributed by atoms with E-state index in [1.54, 1.807) is 0 Å². The maximum Gasteiger partial charge on any atom is 0.225 e. The van der Waals surface area contributed by atoms with Gasteiger partial charge in [-0.05, 0) is 25.3 Å². The van der Waals surface area contributed by atoms with Crippen molar-refractivity contribution in [2.24, 2.45) is 10.9 Å². The fourth-order valence-corrected chi connectivity index (χ4v) is 3.70. The molecule has 0 saturated carbocycles. The third kappa shape index (κ3) is 6.08. The van der Waals surface area contributed by atoms with Crippen molar-refractivity contribution in [1.29, 1.82) is 0 Å². The number of aliphatic imine (C=N–C) groups is 1. The second kappa shape index (κ2) is 10.8. The Morgan fingerprint density at radius 3 is 2.83 bits per heavy atom. The Morgan fingerprint density at radius 1 is 1.30 bits per heavy atom. The molecule has 1 amide bonds. The number of amides is 1. The molecule has 1 saturated heterocycles. The topological polar surface area (TPSA) is 74.6 Å². The summed E-state index contributed by atoms with van der Waals surface area (Å²) >= 11 is 0. The molecule has 0 radical (unpaired) electrons. The Morgan fingerprint density at radius 2 is 2.10 bits per heavy atom. The van der Waals surface area contributed by atoms with Crippen LogP contribution >= 0.6 is 0 Å². The molecule has 0 bridgehead atoms. The van der Waals surface area contributed by atoms with E-state index in [9.17, 15) is 4.79 Å². The number of hydrogen-bond donors (Lipinski definition) is 2. The van der Waals surface area contributed by atoms with E-state index in [4.69, 9.17) is 4.99 Å². The molecule has 0 spiro atoms. The molecule has 1 aliphatic rings. The van der Waals surface area contributed by atoms with E-state index in [-0.39, 0.29) is 17.9 Å². The Kier molecular flexibility index (Phi) is 7.88. The monoisotopic (exact) mass is 410 g/mol. The van der Waals surface area contributed by atoms with Gasteiger partial charge in [0.05, 0.1) is 0 Å². The third-order valence-corrected chi connectivity index (χ3v) is 5.34. The summed E-state index contributed by atoms with van der Waals surface area (Å²) < 4.78 is 2.17. The lowest BCUT2D eigenvalue weighted by Crippen LogP contribution is -2.45. The van der Waals surface area contributed by atoms with Gasteiger partial charge in [0, 0.05) is 50.5 Å². The zero-order chi connectivity index (χ0) is 21.3. The van der Waals surface area contributed by atoms with Gasteiger partial charge >= 0.3 is 0 Å². The molecule has 2 N–H and O–H groups in total. The molecular weight excluding hydrogens is 376 g/mol. The SMILES string of the molecule is CCNC(=NCc1nccn1CCc1ccccc1)NC1CCN(C(=O)C(C)C)C1. The van der Waals surface area contributed by atoms with E-state index < -0.39 is 0 Å². The van der Waals surface area contributed by atoms with Gasteiger partial charge in [-0.15, -0.1) is 0 Å². The maximum absolute atomic E-state index is 12.2. The molecule has 1 fully saturated rings. The van der Waals surface area contributed by atoms with E-state index >= 15 is 0 Å². The molecular formula is C23H34N6O. The number of nitrogens with zero attached hydrogens (tertiary/aromatic N) is 4. The van der Waals surface area contributed by atoms with Crippen molar-refractivity contribution in [2.45, 2.75) is 52.7 Å². The van der Waals surface area contributed by atoms with Gasteiger partial charge in [-0.2, -0.15) is 0 Å². The lowest BCUT2D eigenvalue weighted by Gasteiger charge is -2.20. The summed E-state index contributed by atoms with van der Waals surface area (Å²) in [4.78, 5) is 23.4. The number of carbonyl (C=O) groups is 1. The van der Waals surface area contributed by atoms with Gasteiger partial charge in [0.15, 0.2) is 5.96 Å². The smallest absolute Gasteiger partial charge is 0.225 e. The highest BCUT2D eigenvalue weighted by Gasteiger charge is 2.27. The predicted octanol–water partition coefficient (Wildman–Crippen LogP) is 2.44. The predicted molar refractivity (Wildman–Crippen MR) is 120 cm³/mol. The number of likely N-dealkylation sites (tertiary alicyclic amines) is 1. The van der Waals surface area contributed by atoms with Crippen LogP contribution in [0.2, 0.25) is 0 Å². The number of hydrogen-bond acceptors (Lipinski definition) is 3. The second-order valence-electron chi connectivity index (χ2n) is 8.04. The number of aryl methyl sites for hydroxylation is 2. The van der Waals surface area contributed by atoms with Crippen LogP contribution in [0.1, 0.15) is 38.6 Å².